The molecule has 0 saturated heterocycles. The van der Waals surface area contributed by atoms with Gasteiger partial charge in [0, 0.05) is 0 Å². The fourth-order valence-corrected chi connectivity index (χ4v) is 0.205. The zero-order chi connectivity index (χ0) is 4.24. The van der Waals surface area contributed by atoms with E-state index in [1.165, 1.54) is 0 Å². The van der Waals surface area contributed by atoms with E-state index in [4.69, 9.17) is 0 Å². The first-order chi connectivity index (χ1) is 3.00. The molecular weight excluding hydrogens is 85.0 g/mol. The molecule has 0 unspecified atom stereocenters. The first kappa shape index (κ1) is 6.61. The normalized spacial score (nSPS) is 6.86. The van der Waals surface area contributed by atoms with Gasteiger partial charge >= 0.3 is 18.9 Å². The van der Waals surface area contributed by atoms with E-state index < -0.39 is 0 Å². The van der Waals surface area contributed by atoms with Gasteiger partial charge in [-0.05, 0) is 11.3 Å². The van der Waals surface area contributed by atoms with Crippen LogP contribution in [0.1, 0.15) is 1.43 Å². The molecular formula is C3H4LiN3. The summed E-state index contributed by atoms with van der Waals surface area (Å²) in [6, 6.07) is 1.72. The van der Waals surface area contributed by atoms with Gasteiger partial charge in [-0.1, -0.05) is 0 Å². The van der Waals surface area contributed by atoms with E-state index in [9.17, 15) is 0 Å². The van der Waals surface area contributed by atoms with Crippen LogP contribution in [0.2, 0.25) is 0 Å². The Morgan fingerprint density at radius 2 is 1.71 bits per heavy atom. The van der Waals surface area contributed by atoms with Gasteiger partial charge in [0.2, 0.25) is 0 Å². The van der Waals surface area contributed by atoms with Crippen LogP contribution < -0.4 is 18.9 Å². The summed E-state index contributed by atoms with van der Waals surface area (Å²) in [4.78, 5) is 0. The topological polar surface area (TPSA) is 38.7 Å². The fourth-order valence-electron chi connectivity index (χ4n) is 0.205. The molecule has 7 heavy (non-hydrogen) atoms. The van der Waals surface area contributed by atoms with Crippen LogP contribution in [0.25, 0.3) is 0 Å². The molecule has 1 aromatic rings. The van der Waals surface area contributed by atoms with E-state index >= 15 is 0 Å². The van der Waals surface area contributed by atoms with Crippen LogP contribution in [0.4, 0.5) is 0 Å². The molecule has 0 spiro atoms. The molecule has 0 aliphatic heterocycles. The van der Waals surface area contributed by atoms with Gasteiger partial charge in [0.15, 0.2) is 0 Å². The summed E-state index contributed by atoms with van der Waals surface area (Å²) >= 11 is 0. The van der Waals surface area contributed by atoms with Crippen LogP contribution in [-0.4, -0.2) is 15.4 Å². The zero-order valence-corrected chi connectivity index (χ0v) is 4.07. The van der Waals surface area contributed by atoms with Crippen LogP contribution in [0.3, 0.4) is 0 Å². The monoisotopic (exact) mass is 89.1 g/mol. The zero-order valence-electron chi connectivity index (χ0n) is 5.07. The Morgan fingerprint density at radius 3 is 1.86 bits per heavy atom. The molecule has 1 aromatic heterocycles. The maximum atomic E-state index is 3.42. The first-order valence-corrected chi connectivity index (χ1v) is 1.58. The number of aromatic nitrogens is 3. The summed E-state index contributed by atoms with van der Waals surface area (Å²) in [5.74, 6) is 0. The Balaban J connectivity index is 0. The average Bonchev–Trinajstić information content (AvgIpc) is 1.72. The third-order valence-corrected chi connectivity index (χ3v) is 0.409. The Morgan fingerprint density at radius 1 is 1.14 bits per heavy atom. The number of hydrogen-bond donors (Lipinski definition) is 0. The molecule has 1 rings (SSSR count). The van der Waals surface area contributed by atoms with Crippen LogP contribution >= 0.6 is 0 Å². The minimum Gasteiger partial charge on any atom is -1.00 e. The van der Waals surface area contributed by atoms with Crippen molar-refractivity contribution < 1.29 is 20.3 Å². The largest absolute Gasteiger partial charge is 1.00 e. The molecule has 0 atom stereocenters. The summed E-state index contributed by atoms with van der Waals surface area (Å²) in [6.07, 6.45) is 3.15. The van der Waals surface area contributed by atoms with Gasteiger partial charge < -0.3 is 1.43 Å². The van der Waals surface area contributed by atoms with Gasteiger partial charge in [-0.3, -0.25) is 0 Å². The quantitative estimate of drug-likeness (QED) is 0.318. The summed E-state index contributed by atoms with van der Waals surface area (Å²) in [5, 5.41) is 10.1. The van der Waals surface area contributed by atoms with E-state index in [-0.39, 0.29) is 20.3 Å². The van der Waals surface area contributed by atoms with Crippen molar-refractivity contribution in [2.45, 2.75) is 0 Å². The maximum absolute atomic E-state index is 3.42. The molecule has 0 radical (unpaired) electrons. The van der Waals surface area contributed by atoms with Crippen molar-refractivity contribution in [3.63, 3.8) is 0 Å². The van der Waals surface area contributed by atoms with Gasteiger partial charge in [0.1, 0.15) is 0 Å². The van der Waals surface area contributed by atoms with Crippen molar-refractivity contribution in [1.29, 1.82) is 0 Å². The van der Waals surface area contributed by atoms with Crippen molar-refractivity contribution in [2.75, 3.05) is 0 Å². The third-order valence-electron chi connectivity index (χ3n) is 0.409. The molecule has 0 aliphatic carbocycles. The van der Waals surface area contributed by atoms with E-state index in [0.29, 0.717) is 0 Å². The van der Waals surface area contributed by atoms with Crippen LogP contribution in [0.5, 0.6) is 0 Å². The Kier molecular flexibility index (Phi) is 3.57. The second-order valence-electron chi connectivity index (χ2n) is 0.811. The third kappa shape index (κ3) is 2.32. The van der Waals surface area contributed by atoms with Gasteiger partial charge in [-0.2, -0.15) is 0 Å². The number of hydrogen-bond acceptors (Lipinski definition) is 3. The average molecular weight is 89.0 g/mol. The second-order valence-corrected chi connectivity index (χ2v) is 0.811. The van der Waals surface area contributed by atoms with Gasteiger partial charge in [-0.25, -0.2) is 0 Å². The number of nitrogens with zero attached hydrogens (tertiary/aromatic N) is 3. The smallest absolute Gasteiger partial charge is 1.00 e. The minimum atomic E-state index is 0. The molecule has 0 fully saturated rings. The van der Waals surface area contributed by atoms with E-state index in [0.717, 1.165) is 0 Å². The Labute approximate surface area is 54.8 Å². The second kappa shape index (κ2) is 3.79. The Bertz CT molecular complexity index is 86.5. The van der Waals surface area contributed by atoms with Gasteiger partial charge in [0.25, 0.3) is 0 Å². The van der Waals surface area contributed by atoms with E-state index in [1.54, 1.807) is 18.5 Å². The fraction of sp³-hybridized carbons (Fsp3) is 0. The molecule has 0 aliphatic rings. The number of rotatable bonds is 0. The molecule has 1 heterocycles. The summed E-state index contributed by atoms with van der Waals surface area (Å²) in [7, 11) is 0. The molecule has 4 heteroatoms. The summed E-state index contributed by atoms with van der Waals surface area (Å²) in [6.45, 7) is 0. The van der Waals surface area contributed by atoms with E-state index in [1.807, 2.05) is 0 Å². The van der Waals surface area contributed by atoms with Crippen molar-refractivity contribution in [3.05, 3.63) is 18.5 Å². The van der Waals surface area contributed by atoms with Gasteiger partial charge in [-0.15, -0.1) is 10.2 Å². The van der Waals surface area contributed by atoms with Crippen molar-refractivity contribution in [1.82, 2.24) is 15.4 Å². The molecule has 0 saturated carbocycles. The maximum Gasteiger partial charge on any atom is 1.00 e. The van der Waals surface area contributed by atoms with Crippen molar-refractivity contribution in [2.24, 2.45) is 0 Å². The van der Waals surface area contributed by atoms with Crippen molar-refractivity contribution >= 4 is 0 Å². The molecule has 0 N–H and O–H groups in total. The molecule has 0 bridgehead atoms. The molecule has 32 valence electrons. The standard InChI is InChI=1S/C3H3N3.Li.H/c1-2-4-6-5-3-1;;/h1-3H;;/q;+1;-1. The molecule has 3 nitrogen and oxygen atoms in total. The molecule has 0 aromatic carbocycles. The van der Waals surface area contributed by atoms with Crippen LogP contribution in [0.15, 0.2) is 18.5 Å². The predicted molar refractivity (Wildman–Crippen MR) is 20.9 cm³/mol. The first-order valence-electron chi connectivity index (χ1n) is 1.58. The van der Waals surface area contributed by atoms with Gasteiger partial charge in [0.05, 0.1) is 12.4 Å². The predicted octanol–water partition coefficient (Wildman–Crippen LogP) is -3.01. The van der Waals surface area contributed by atoms with Crippen molar-refractivity contribution in [3.8, 4) is 0 Å². The van der Waals surface area contributed by atoms with Crippen LogP contribution in [0, 0.1) is 0 Å². The summed E-state index contributed by atoms with van der Waals surface area (Å²) in [5.41, 5.74) is 0. The van der Waals surface area contributed by atoms with E-state index in [2.05, 4.69) is 15.4 Å². The minimum absolute atomic E-state index is 0. The SMILES string of the molecule is [H-].[Li+].c1cnnnc1. The molecule has 0 amide bonds. The Hall–Kier alpha value is -0.393. The van der Waals surface area contributed by atoms with Crippen LogP contribution in [-0.2, 0) is 0 Å². The summed E-state index contributed by atoms with van der Waals surface area (Å²) < 4.78 is 0.